The first-order chi connectivity index (χ1) is 16.6. The molecule has 182 valence electrons. The normalized spacial score (nSPS) is 15.7. The zero-order valence-corrected chi connectivity index (χ0v) is 21.5. The number of aromatic nitrogens is 1. The molecule has 0 aliphatic carbocycles. The van der Waals surface area contributed by atoms with Crippen LogP contribution in [0.5, 0.6) is 5.75 Å². The van der Waals surface area contributed by atoms with Gasteiger partial charge in [0.2, 0.25) is 0 Å². The Bertz CT molecular complexity index is 1550. The summed E-state index contributed by atoms with van der Waals surface area (Å²) in [6.45, 7) is 5.15. The Morgan fingerprint density at radius 3 is 2.71 bits per heavy atom. The third-order valence-corrected chi connectivity index (χ3v) is 6.61. The minimum absolute atomic E-state index is 0.147. The Morgan fingerprint density at radius 2 is 2.09 bits per heavy atom. The Morgan fingerprint density at radius 1 is 1.34 bits per heavy atom. The molecule has 1 aliphatic heterocycles. The quantitative estimate of drug-likeness (QED) is 0.256. The fourth-order valence-electron chi connectivity index (χ4n) is 3.72. The Balaban J connectivity index is 1.98. The summed E-state index contributed by atoms with van der Waals surface area (Å²) >= 11 is 4.54. The van der Waals surface area contributed by atoms with Crippen molar-refractivity contribution in [2.24, 2.45) is 4.99 Å². The van der Waals surface area contributed by atoms with Gasteiger partial charge < -0.3 is 13.9 Å². The van der Waals surface area contributed by atoms with Gasteiger partial charge in [-0.2, -0.15) is 0 Å². The molecule has 12 heteroatoms. The van der Waals surface area contributed by atoms with E-state index in [1.807, 2.05) is 0 Å². The van der Waals surface area contributed by atoms with Crippen molar-refractivity contribution in [3.63, 3.8) is 0 Å². The number of rotatable bonds is 6. The molecule has 0 saturated heterocycles. The SMILES string of the molecule is COc1ccc(Br)cc1[C@@H]1C(C(=O)OC(C)C)=C(C)N=c2s/c(=C\c3ccc([N+](=O)[O-])o3)c(=O)n21. The number of carbonyl (C=O) groups excluding carboxylic acids is 1. The predicted molar refractivity (Wildman–Crippen MR) is 131 cm³/mol. The number of esters is 1. The number of hydrogen-bond donors (Lipinski definition) is 0. The number of fused-ring (bicyclic) bond motifs is 1. The van der Waals surface area contributed by atoms with Crippen LogP contribution in [0.2, 0.25) is 0 Å². The highest BCUT2D eigenvalue weighted by Gasteiger charge is 2.35. The molecule has 4 rings (SSSR count). The van der Waals surface area contributed by atoms with Crippen LogP contribution < -0.4 is 19.6 Å². The van der Waals surface area contributed by atoms with Gasteiger partial charge in [0.25, 0.3) is 5.56 Å². The zero-order chi connectivity index (χ0) is 25.4. The summed E-state index contributed by atoms with van der Waals surface area (Å²) in [5.41, 5.74) is 0.738. The van der Waals surface area contributed by atoms with Crippen molar-refractivity contribution in [1.29, 1.82) is 0 Å². The van der Waals surface area contributed by atoms with Crippen LogP contribution in [-0.2, 0) is 9.53 Å². The first-order valence-corrected chi connectivity index (χ1v) is 12.0. The lowest BCUT2D eigenvalue weighted by atomic mass is 9.95. The fourth-order valence-corrected chi connectivity index (χ4v) is 5.13. The minimum Gasteiger partial charge on any atom is -0.496 e. The minimum atomic E-state index is -0.877. The largest absolute Gasteiger partial charge is 0.496 e. The second-order valence-electron chi connectivity index (χ2n) is 7.86. The highest BCUT2D eigenvalue weighted by atomic mass is 79.9. The van der Waals surface area contributed by atoms with Crippen molar-refractivity contribution in [1.82, 2.24) is 4.57 Å². The van der Waals surface area contributed by atoms with E-state index in [-0.39, 0.29) is 22.0 Å². The number of thiazole rings is 1. The number of furan rings is 1. The zero-order valence-electron chi connectivity index (χ0n) is 19.1. The molecular formula is C23H20BrN3O7S. The van der Waals surface area contributed by atoms with Crippen molar-refractivity contribution in [3.05, 3.63) is 87.2 Å². The van der Waals surface area contributed by atoms with Gasteiger partial charge in [0.15, 0.2) is 4.80 Å². The van der Waals surface area contributed by atoms with Crippen molar-refractivity contribution < 1.29 is 23.6 Å². The molecule has 0 radical (unpaired) electrons. The molecule has 1 aliphatic rings. The summed E-state index contributed by atoms with van der Waals surface area (Å²) in [5, 5.41) is 10.9. The monoisotopic (exact) mass is 561 g/mol. The number of halogens is 1. The smallest absolute Gasteiger partial charge is 0.433 e. The standard InChI is InChI=1S/C23H20BrN3O7S/c1-11(2)33-22(29)19-12(3)25-23-26(20(19)15-9-13(24)5-7-16(15)32-4)21(28)17(35-23)10-14-6-8-18(34-14)27(30)31/h5-11,20H,1-4H3/b17-10-/t20-/m1/s1. The first kappa shape index (κ1) is 24.6. The van der Waals surface area contributed by atoms with E-state index in [1.165, 1.54) is 29.9 Å². The van der Waals surface area contributed by atoms with Crippen molar-refractivity contribution in [3.8, 4) is 5.75 Å². The maximum absolute atomic E-state index is 13.6. The summed E-state index contributed by atoms with van der Waals surface area (Å²) < 4.78 is 18.6. The Hall–Kier alpha value is -3.51. The second kappa shape index (κ2) is 9.62. The van der Waals surface area contributed by atoms with Crippen LogP contribution in [-0.4, -0.2) is 28.7 Å². The van der Waals surface area contributed by atoms with Crippen molar-refractivity contribution in [2.45, 2.75) is 32.9 Å². The van der Waals surface area contributed by atoms with E-state index < -0.39 is 28.4 Å². The van der Waals surface area contributed by atoms with Crippen LogP contribution in [0.1, 0.15) is 38.1 Å². The van der Waals surface area contributed by atoms with Gasteiger partial charge in [0, 0.05) is 16.1 Å². The Kier molecular flexibility index (Phi) is 6.77. The molecular weight excluding hydrogens is 542 g/mol. The lowest BCUT2D eigenvalue weighted by molar-refractivity contribution is -0.402. The number of nitrogens with zero attached hydrogens (tertiary/aromatic N) is 3. The van der Waals surface area contributed by atoms with Gasteiger partial charge in [-0.25, -0.2) is 9.79 Å². The van der Waals surface area contributed by atoms with E-state index >= 15 is 0 Å². The topological polar surface area (TPSA) is 126 Å². The molecule has 0 bridgehead atoms. The third kappa shape index (κ3) is 4.71. The molecule has 3 heterocycles. The van der Waals surface area contributed by atoms with Crippen LogP contribution in [0.3, 0.4) is 0 Å². The Labute approximate surface area is 211 Å². The summed E-state index contributed by atoms with van der Waals surface area (Å²) in [7, 11) is 1.50. The maximum Gasteiger partial charge on any atom is 0.433 e. The molecule has 1 atom stereocenters. The second-order valence-corrected chi connectivity index (χ2v) is 9.78. The van der Waals surface area contributed by atoms with Gasteiger partial charge in [-0.15, -0.1) is 0 Å². The number of ether oxygens (including phenoxy) is 2. The number of carbonyl (C=O) groups is 1. The number of benzene rings is 1. The third-order valence-electron chi connectivity index (χ3n) is 5.14. The average Bonchev–Trinajstić information content (AvgIpc) is 3.37. The molecule has 1 aromatic carbocycles. The van der Waals surface area contributed by atoms with Crippen LogP contribution in [0, 0.1) is 10.1 Å². The number of nitro groups is 1. The summed E-state index contributed by atoms with van der Waals surface area (Å²) in [4.78, 5) is 41.9. The van der Waals surface area contributed by atoms with Gasteiger partial charge in [-0.3, -0.25) is 19.5 Å². The average molecular weight is 562 g/mol. The molecule has 0 saturated carbocycles. The maximum atomic E-state index is 13.6. The first-order valence-electron chi connectivity index (χ1n) is 10.4. The highest BCUT2D eigenvalue weighted by molar-refractivity contribution is 9.10. The molecule has 10 nitrogen and oxygen atoms in total. The molecule has 2 aromatic heterocycles. The number of allylic oxidation sites excluding steroid dienone is 1. The van der Waals surface area contributed by atoms with E-state index in [0.717, 1.165) is 15.8 Å². The van der Waals surface area contributed by atoms with Crippen LogP contribution in [0.4, 0.5) is 5.88 Å². The molecule has 0 spiro atoms. The van der Waals surface area contributed by atoms with Crippen molar-refractivity contribution >= 4 is 45.2 Å². The number of hydrogen-bond acceptors (Lipinski definition) is 9. The summed E-state index contributed by atoms with van der Waals surface area (Å²) in [6.07, 6.45) is 1.03. The molecule has 0 amide bonds. The predicted octanol–water partition coefficient (Wildman–Crippen LogP) is 3.46. The lowest BCUT2D eigenvalue weighted by Crippen LogP contribution is -2.40. The van der Waals surface area contributed by atoms with Crippen LogP contribution >= 0.6 is 27.3 Å². The van der Waals surface area contributed by atoms with Gasteiger partial charge in [-0.1, -0.05) is 27.3 Å². The van der Waals surface area contributed by atoms with Crippen molar-refractivity contribution in [2.75, 3.05) is 7.11 Å². The molecule has 0 N–H and O–H groups in total. The van der Waals surface area contributed by atoms with E-state index in [1.54, 1.807) is 39.0 Å². The highest BCUT2D eigenvalue weighted by Crippen LogP contribution is 2.37. The van der Waals surface area contributed by atoms with E-state index in [9.17, 15) is 19.7 Å². The molecule has 3 aromatic rings. The van der Waals surface area contributed by atoms with E-state index in [4.69, 9.17) is 13.9 Å². The lowest BCUT2D eigenvalue weighted by Gasteiger charge is -2.26. The summed E-state index contributed by atoms with van der Waals surface area (Å²) in [6, 6.07) is 7.04. The van der Waals surface area contributed by atoms with Gasteiger partial charge >= 0.3 is 11.9 Å². The molecule has 0 fully saturated rings. The fraction of sp³-hybridized carbons (Fsp3) is 0.261. The van der Waals surface area contributed by atoms with Crippen LogP contribution in [0.15, 0.2) is 60.3 Å². The number of methoxy groups -OCH3 is 1. The molecule has 0 unspecified atom stereocenters. The van der Waals surface area contributed by atoms with Gasteiger partial charge in [0.05, 0.1) is 35.1 Å². The van der Waals surface area contributed by atoms with Gasteiger partial charge in [0.1, 0.15) is 22.5 Å². The summed E-state index contributed by atoms with van der Waals surface area (Å²) in [5.74, 6) is -0.410. The van der Waals surface area contributed by atoms with Gasteiger partial charge in [-0.05, 0) is 45.0 Å². The van der Waals surface area contributed by atoms with E-state index in [2.05, 4.69) is 20.9 Å². The van der Waals surface area contributed by atoms with Crippen LogP contribution in [0.25, 0.3) is 6.08 Å². The molecule has 35 heavy (non-hydrogen) atoms. The van der Waals surface area contributed by atoms with E-state index in [0.29, 0.717) is 21.8 Å².